The van der Waals surface area contributed by atoms with Crippen LogP contribution in [0.5, 0.6) is 0 Å². The molecule has 0 fully saturated rings. The lowest BCUT2D eigenvalue weighted by atomic mass is 9.89. The van der Waals surface area contributed by atoms with Crippen molar-refractivity contribution in [2.45, 2.75) is 33.1 Å². The number of rotatable bonds is 4. The van der Waals surface area contributed by atoms with Crippen LogP contribution in [0.2, 0.25) is 5.02 Å². The molecule has 0 aliphatic heterocycles. The van der Waals surface area contributed by atoms with E-state index in [1.165, 1.54) is 16.7 Å². The molecule has 3 heteroatoms. The zero-order chi connectivity index (χ0) is 15.5. The largest absolute Gasteiger partial charge is 0.469 e. The highest BCUT2D eigenvalue weighted by atomic mass is 35.5. The Balaban J connectivity index is 1.70. The van der Waals surface area contributed by atoms with Crippen molar-refractivity contribution in [3.63, 3.8) is 0 Å². The molecule has 1 aromatic heterocycles. The Morgan fingerprint density at radius 1 is 1.32 bits per heavy atom. The van der Waals surface area contributed by atoms with Gasteiger partial charge < -0.3 is 4.42 Å². The van der Waals surface area contributed by atoms with E-state index in [1.54, 1.807) is 6.26 Å². The third-order valence-electron chi connectivity index (χ3n) is 4.10. The molecule has 2 nitrogen and oxygen atoms in total. The van der Waals surface area contributed by atoms with Gasteiger partial charge in [-0.1, -0.05) is 23.7 Å². The number of hydrogen-bond donors (Lipinski definition) is 0. The van der Waals surface area contributed by atoms with E-state index in [4.69, 9.17) is 16.0 Å². The first-order chi connectivity index (χ1) is 10.6. The molecule has 0 saturated carbocycles. The third kappa shape index (κ3) is 3.33. The van der Waals surface area contributed by atoms with E-state index in [9.17, 15) is 0 Å². The van der Waals surface area contributed by atoms with Crippen molar-refractivity contribution in [1.29, 1.82) is 0 Å². The van der Waals surface area contributed by atoms with E-state index in [0.717, 1.165) is 47.9 Å². The Morgan fingerprint density at radius 2 is 2.18 bits per heavy atom. The van der Waals surface area contributed by atoms with Crippen LogP contribution < -0.4 is 0 Å². The molecule has 1 aromatic carbocycles. The van der Waals surface area contributed by atoms with Gasteiger partial charge in [0.1, 0.15) is 5.76 Å². The molecule has 0 unspecified atom stereocenters. The van der Waals surface area contributed by atoms with Gasteiger partial charge >= 0.3 is 0 Å². The summed E-state index contributed by atoms with van der Waals surface area (Å²) in [4.78, 5) is 4.68. The Morgan fingerprint density at radius 3 is 2.95 bits per heavy atom. The van der Waals surface area contributed by atoms with Crippen molar-refractivity contribution in [3.05, 3.63) is 64.1 Å². The highest BCUT2D eigenvalue weighted by molar-refractivity contribution is 6.30. The van der Waals surface area contributed by atoms with Crippen LogP contribution in [0.25, 0.3) is 5.57 Å². The molecular weight excluding hydrogens is 294 g/mol. The predicted molar refractivity (Wildman–Crippen MR) is 92.9 cm³/mol. The topological polar surface area (TPSA) is 25.5 Å². The molecular formula is C19H20ClNO. The quantitative estimate of drug-likeness (QED) is 0.687. The van der Waals surface area contributed by atoms with Gasteiger partial charge in [0.2, 0.25) is 0 Å². The fourth-order valence-corrected chi connectivity index (χ4v) is 3.05. The third-order valence-corrected chi connectivity index (χ3v) is 4.34. The maximum absolute atomic E-state index is 6.14. The predicted octanol–water partition coefficient (Wildman–Crippen LogP) is 5.47. The van der Waals surface area contributed by atoms with E-state index < -0.39 is 0 Å². The van der Waals surface area contributed by atoms with Crippen LogP contribution in [0.1, 0.15) is 42.2 Å². The Hall–Kier alpha value is -1.80. The minimum Gasteiger partial charge on any atom is -0.469 e. The number of fused-ring (bicyclic) bond motifs is 1. The summed E-state index contributed by atoms with van der Waals surface area (Å²) in [5.41, 5.74) is 6.15. The summed E-state index contributed by atoms with van der Waals surface area (Å²) >= 11 is 6.14. The minimum absolute atomic E-state index is 0.786. The first-order valence-electron chi connectivity index (χ1n) is 7.68. The molecule has 3 rings (SSSR count). The lowest BCUT2D eigenvalue weighted by Crippen LogP contribution is -2.02. The number of benzene rings is 1. The summed E-state index contributed by atoms with van der Waals surface area (Å²) < 4.78 is 5.33. The minimum atomic E-state index is 0.786. The number of aryl methyl sites for hydroxylation is 2. The van der Waals surface area contributed by atoms with Crippen LogP contribution in [-0.2, 0) is 6.42 Å². The molecule has 0 atom stereocenters. The molecule has 2 aromatic rings. The van der Waals surface area contributed by atoms with Crippen molar-refractivity contribution in [1.82, 2.24) is 0 Å². The van der Waals surface area contributed by atoms with Gasteiger partial charge in [-0.05, 0) is 68.0 Å². The molecule has 0 amide bonds. The van der Waals surface area contributed by atoms with Crippen molar-refractivity contribution in [2.24, 2.45) is 4.99 Å². The zero-order valence-corrected chi connectivity index (χ0v) is 13.8. The maximum atomic E-state index is 6.14. The van der Waals surface area contributed by atoms with E-state index in [1.807, 2.05) is 26.0 Å². The summed E-state index contributed by atoms with van der Waals surface area (Å²) in [7, 11) is 0. The van der Waals surface area contributed by atoms with Crippen molar-refractivity contribution < 1.29 is 4.42 Å². The van der Waals surface area contributed by atoms with Crippen molar-refractivity contribution >= 4 is 22.9 Å². The molecule has 0 saturated heterocycles. The van der Waals surface area contributed by atoms with Crippen molar-refractivity contribution in [2.75, 3.05) is 6.54 Å². The van der Waals surface area contributed by atoms with Gasteiger partial charge in [-0.3, -0.25) is 4.99 Å². The van der Waals surface area contributed by atoms with Crippen LogP contribution in [0.15, 0.2) is 46.0 Å². The summed E-state index contributed by atoms with van der Waals surface area (Å²) in [6.07, 6.45) is 7.25. The molecule has 1 aliphatic rings. The van der Waals surface area contributed by atoms with Gasteiger partial charge in [-0.15, -0.1) is 0 Å². The lowest BCUT2D eigenvalue weighted by Gasteiger charge is -2.17. The second kappa shape index (κ2) is 6.53. The monoisotopic (exact) mass is 313 g/mol. The first kappa shape index (κ1) is 15.1. The number of allylic oxidation sites excluding steroid dienone is 1. The summed E-state index contributed by atoms with van der Waals surface area (Å²) in [5, 5.41) is 0.806. The zero-order valence-electron chi connectivity index (χ0n) is 13.0. The average molecular weight is 314 g/mol. The van der Waals surface area contributed by atoms with E-state index in [-0.39, 0.29) is 0 Å². The average Bonchev–Trinajstić information content (AvgIpc) is 2.94. The molecule has 0 bridgehead atoms. The van der Waals surface area contributed by atoms with Gasteiger partial charge in [0.05, 0.1) is 6.26 Å². The lowest BCUT2D eigenvalue weighted by molar-refractivity contribution is 0.534. The van der Waals surface area contributed by atoms with E-state index in [2.05, 4.69) is 23.2 Å². The SMILES string of the molecule is CC(=NCCC1=CCCc2ccc(Cl)cc21)c1coc(C)c1. The van der Waals surface area contributed by atoms with Crippen molar-refractivity contribution in [3.8, 4) is 0 Å². The van der Waals surface area contributed by atoms with Crippen LogP contribution in [0.4, 0.5) is 0 Å². The molecule has 0 radical (unpaired) electrons. The van der Waals surface area contributed by atoms with E-state index >= 15 is 0 Å². The molecule has 1 heterocycles. The molecule has 0 spiro atoms. The van der Waals surface area contributed by atoms with Gasteiger partial charge in [-0.25, -0.2) is 0 Å². The molecule has 114 valence electrons. The van der Waals surface area contributed by atoms with Crippen LogP contribution in [0, 0.1) is 6.92 Å². The molecule has 0 N–H and O–H groups in total. The summed E-state index contributed by atoms with van der Waals surface area (Å²) in [6.45, 7) is 4.77. The summed E-state index contributed by atoms with van der Waals surface area (Å²) in [6, 6.07) is 8.23. The second-order valence-electron chi connectivity index (χ2n) is 5.73. The smallest absolute Gasteiger partial charge is 0.101 e. The maximum Gasteiger partial charge on any atom is 0.101 e. The first-order valence-corrected chi connectivity index (χ1v) is 8.05. The van der Waals surface area contributed by atoms with E-state index in [0.29, 0.717) is 0 Å². The highest BCUT2D eigenvalue weighted by Gasteiger charge is 2.12. The van der Waals surface area contributed by atoms with Gasteiger partial charge in [0.25, 0.3) is 0 Å². The Kier molecular flexibility index (Phi) is 4.49. The van der Waals surface area contributed by atoms with Gasteiger partial charge in [0, 0.05) is 22.8 Å². The number of aliphatic imine (C=N–C) groups is 1. The number of nitrogens with zero attached hydrogens (tertiary/aromatic N) is 1. The van der Waals surface area contributed by atoms with Crippen LogP contribution in [0.3, 0.4) is 0 Å². The fraction of sp³-hybridized carbons (Fsp3) is 0.316. The van der Waals surface area contributed by atoms with Crippen LogP contribution >= 0.6 is 11.6 Å². The number of halogens is 1. The Labute approximate surface area is 136 Å². The standard InChI is InChI=1S/C19H20ClNO/c1-13-10-17(12-22-13)14(2)21-9-8-16-5-3-4-15-6-7-18(20)11-19(15)16/h5-7,10-12H,3-4,8-9H2,1-2H3. The normalized spacial score (nSPS) is 14.7. The number of hydrogen-bond acceptors (Lipinski definition) is 2. The van der Waals surface area contributed by atoms with Crippen LogP contribution in [-0.4, -0.2) is 12.3 Å². The molecule has 1 aliphatic carbocycles. The highest BCUT2D eigenvalue weighted by Crippen LogP contribution is 2.30. The number of furan rings is 1. The summed E-state index contributed by atoms with van der Waals surface area (Å²) in [5.74, 6) is 0.920. The Bertz CT molecular complexity index is 740. The van der Waals surface area contributed by atoms with Gasteiger partial charge in [0.15, 0.2) is 0 Å². The van der Waals surface area contributed by atoms with Gasteiger partial charge in [-0.2, -0.15) is 0 Å². The second-order valence-corrected chi connectivity index (χ2v) is 6.17. The molecule has 22 heavy (non-hydrogen) atoms. The fourth-order valence-electron chi connectivity index (χ4n) is 2.88.